The zero-order chi connectivity index (χ0) is 24.9. The number of methoxy groups -OCH3 is 3. The van der Waals surface area contributed by atoms with E-state index in [1.807, 2.05) is 22.4 Å². The van der Waals surface area contributed by atoms with Crippen LogP contribution in [0.3, 0.4) is 0 Å². The predicted octanol–water partition coefficient (Wildman–Crippen LogP) is 5.79. The number of aromatic nitrogens is 1. The molecule has 1 aliphatic heterocycles. The molecule has 0 bridgehead atoms. The first kappa shape index (κ1) is 25.4. The number of likely N-dealkylation sites (tertiary alicyclic amines) is 1. The van der Waals surface area contributed by atoms with E-state index in [0.717, 1.165) is 35.4 Å². The number of rotatable bonds is 9. The number of hydrogen-bond donors (Lipinski definition) is 0. The molecule has 0 aliphatic carbocycles. The molecular formula is C25H27Cl2N3O4S. The molecule has 1 fully saturated rings. The van der Waals surface area contributed by atoms with Gasteiger partial charge < -0.3 is 23.7 Å². The summed E-state index contributed by atoms with van der Waals surface area (Å²) in [6.07, 6.45) is 2.36. The van der Waals surface area contributed by atoms with Gasteiger partial charge in [-0.3, -0.25) is 4.79 Å². The van der Waals surface area contributed by atoms with Gasteiger partial charge in [0.25, 0.3) is 0 Å². The van der Waals surface area contributed by atoms with Crippen LogP contribution in [0.4, 0.5) is 5.69 Å². The average molecular weight is 536 g/mol. The summed E-state index contributed by atoms with van der Waals surface area (Å²) in [5.74, 6) is 1.90. The summed E-state index contributed by atoms with van der Waals surface area (Å²) in [6, 6.07) is 9.09. The van der Waals surface area contributed by atoms with Gasteiger partial charge in [-0.1, -0.05) is 23.2 Å². The molecule has 1 aliphatic rings. The number of nitrogens with zero attached hydrogens (tertiary/aromatic N) is 3. The molecule has 2 heterocycles. The van der Waals surface area contributed by atoms with Gasteiger partial charge in [0.05, 0.1) is 37.7 Å². The molecule has 0 N–H and O–H groups in total. The third-order valence-electron chi connectivity index (χ3n) is 5.87. The Bertz CT molecular complexity index is 1260. The first-order chi connectivity index (χ1) is 16.9. The van der Waals surface area contributed by atoms with Gasteiger partial charge in [0.2, 0.25) is 11.7 Å². The highest BCUT2D eigenvalue weighted by Gasteiger charge is 2.20. The molecule has 0 saturated carbocycles. The van der Waals surface area contributed by atoms with Crippen molar-refractivity contribution in [3.05, 3.63) is 50.6 Å². The molecular weight excluding hydrogens is 509 g/mol. The van der Waals surface area contributed by atoms with Crippen LogP contribution in [0.25, 0.3) is 11.3 Å². The highest BCUT2D eigenvalue weighted by Crippen LogP contribution is 2.41. The van der Waals surface area contributed by atoms with Crippen molar-refractivity contribution in [1.82, 2.24) is 9.47 Å². The molecule has 1 amide bonds. The summed E-state index contributed by atoms with van der Waals surface area (Å²) in [4.78, 5) is 19.6. The Labute approximate surface area is 218 Å². The number of carbonyl (C=O) groups is 1. The van der Waals surface area contributed by atoms with E-state index >= 15 is 0 Å². The molecule has 0 atom stereocenters. The van der Waals surface area contributed by atoms with Gasteiger partial charge in [-0.2, -0.15) is 0 Å². The van der Waals surface area contributed by atoms with Crippen LogP contribution < -0.4 is 19.0 Å². The maximum atomic E-state index is 12.1. The number of hydrogen-bond acceptors (Lipinski definition) is 6. The summed E-state index contributed by atoms with van der Waals surface area (Å²) in [6.45, 7) is 2.20. The molecule has 0 radical (unpaired) electrons. The van der Waals surface area contributed by atoms with Gasteiger partial charge in [-0.15, -0.1) is 11.3 Å². The number of amides is 1. The quantitative estimate of drug-likeness (QED) is 0.347. The van der Waals surface area contributed by atoms with Crippen molar-refractivity contribution < 1.29 is 19.0 Å². The lowest BCUT2D eigenvalue weighted by Crippen LogP contribution is -2.27. The van der Waals surface area contributed by atoms with Crippen LogP contribution in [-0.4, -0.2) is 49.8 Å². The maximum Gasteiger partial charge on any atom is 0.222 e. The minimum absolute atomic E-state index is 0.225. The molecule has 1 saturated heterocycles. The average Bonchev–Trinajstić information content (AvgIpc) is 3.45. The van der Waals surface area contributed by atoms with Crippen LogP contribution in [-0.2, 0) is 11.3 Å². The molecule has 186 valence electrons. The molecule has 3 aromatic rings. The van der Waals surface area contributed by atoms with Crippen LogP contribution in [0.15, 0.2) is 40.7 Å². The molecule has 35 heavy (non-hydrogen) atoms. The highest BCUT2D eigenvalue weighted by atomic mass is 35.5. The summed E-state index contributed by atoms with van der Waals surface area (Å²) < 4.78 is 18.7. The third kappa shape index (κ3) is 5.60. The zero-order valence-corrected chi connectivity index (χ0v) is 22.2. The Balaban J connectivity index is 1.77. The molecule has 0 spiro atoms. The second-order valence-electron chi connectivity index (χ2n) is 8.01. The first-order valence-electron chi connectivity index (χ1n) is 11.2. The standard InChI is InChI=1S/C25H27Cl2N3O4S/c1-32-21-12-16(13-22(33-2)24(21)34-3)20-15-35-25(28-19-8-7-17(26)14-18(19)27)30(20)11-5-10-29-9-4-6-23(29)31/h7-8,12-15H,4-6,9-11H2,1-3H3. The first-order valence-corrected chi connectivity index (χ1v) is 12.8. The second kappa shape index (κ2) is 11.4. The van der Waals surface area contributed by atoms with E-state index in [1.165, 1.54) is 11.3 Å². The Morgan fingerprint density at radius 2 is 1.77 bits per heavy atom. The van der Waals surface area contributed by atoms with Crippen LogP contribution in [0.5, 0.6) is 17.2 Å². The Morgan fingerprint density at radius 3 is 2.37 bits per heavy atom. The van der Waals surface area contributed by atoms with E-state index in [0.29, 0.717) is 52.5 Å². The molecule has 2 aromatic carbocycles. The van der Waals surface area contributed by atoms with Crippen LogP contribution >= 0.6 is 34.5 Å². The number of halogens is 2. The van der Waals surface area contributed by atoms with E-state index in [2.05, 4.69) is 4.57 Å². The van der Waals surface area contributed by atoms with E-state index in [4.69, 9.17) is 42.4 Å². The maximum absolute atomic E-state index is 12.1. The molecule has 7 nitrogen and oxygen atoms in total. The largest absolute Gasteiger partial charge is 0.493 e. The summed E-state index contributed by atoms with van der Waals surface area (Å²) in [5.41, 5.74) is 2.49. The Morgan fingerprint density at radius 1 is 1.03 bits per heavy atom. The van der Waals surface area contributed by atoms with Crippen molar-refractivity contribution in [1.29, 1.82) is 0 Å². The topological polar surface area (TPSA) is 65.3 Å². The summed E-state index contributed by atoms with van der Waals surface area (Å²) in [5, 5.41) is 3.08. The van der Waals surface area contributed by atoms with E-state index in [9.17, 15) is 4.79 Å². The van der Waals surface area contributed by atoms with E-state index in [1.54, 1.807) is 39.5 Å². The number of benzene rings is 2. The van der Waals surface area contributed by atoms with Gasteiger partial charge >= 0.3 is 0 Å². The normalized spacial score (nSPS) is 14.0. The smallest absolute Gasteiger partial charge is 0.222 e. The second-order valence-corrected chi connectivity index (χ2v) is 9.69. The third-order valence-corrected chi connectivity index (χ3v) is 7.27. The monoisotopic (exact) mass is 535 g/mol. The van der Waals surface area contributed by atoms with Crippen molar-refractivity contribution in [2.24, 2.45) is 4.99 Å². The fourth-order valence-electron chi connectivity index (χ4n) is 4.13. The van der Waals surface area contributed by atoms with Crippen LogP contribution in [0.2, 0.25) is 10.0 Å². The van der Waals surface area contributed by atoms with Gasteiger partial charge in [-0.05, 0) is 43.2 Å². The van der Waals surface area contributed by atoms with Crippen LogP contribution in [0, 0.1) is 0 Å². The highest BCUT2D eigenvalue weighted by molar-refractivity contribution is 7.07. The number of ether oxygens (including phenoxy) is 3. The van der Waals surface area contributed by atoms with Crippen molar-refractivity contribution in [3.63, 3.8) is 0 Å². The lowest BCUT2D eigenvalue weighted by atomic mass is 10.1. The van der Waals surface area contributed by atoms with E-state index < -0.39 is 0 Å². The van der Waals surface area contributed by atoms with Gasteiger partial charge in [0.1, 0.15) is 0 Å². The van der Waals surface area contributed by atoms with Crippen molar-refractivity contribution >= 4 is 46.1 Å². The predicted molar refractivity (Wildman–Crippen MR) is 140 cm³/mol. The lowest BCUT2D eigenvalue weighted by Gasteiger charge is -2.17. The Hall–Kier alpha value is -2.68. The summed E-state index contributed by atoms with van der Waals surface area (Å²) in [7, 11) is 4.77. The van der Waals surface area contributed by atoms with Crippen molar-refractivity contribution in [2.45, 2.75) is 25.8 Å². The molecule has 10 heteroatoms. The Kier molecular flexibility index (Phi) is 8.26. The minimum Gasteiger partial charge on any atom is -0.493 e. The minimum atomic E-state index is 0.225. The zero-order valence-electron chi connectivity index (χ0n) is 19.8. The summed E-state index contributed by atoms with van der Waals surface area (Å²) >= 11 is 14.0. The van der Waals surface area contributed by atoms with Gasteiger partial charge in [0, 0.05) is 42.0 Å². The van der Waals surface area contributed by atoms with Crippen molar-refractivity contribution in [3.8, 4) is 28.5 Å². The van der Waals surface area contributed by atoms with Gasteiger partial charge in [0.15, 0.2) is 16.3 Å². The number of thiazole rings is 1. The molecule has 1 aromatic heterocycles. The molecule has 0 unspecified atom stereocenters. The SMILES string of the molecule is COc1cc(-c2csc(=Nc3ccc(Cl)cc3Cl)n2CCCN2CCCC2=O)cc(OC)c1OC. The number of carbonyl (C=O) groups excluding carboxylic acids is 1. The fraction of sp³-hybridized carbons (Fsp3) is 0.360. The van der Waals surface area contributed by atoms with E-state index in [-0.39, 0.29) is 5.91 Å². The van der Waals surface area contributed by atoms with Gasteiger partial charge in [-0.25, -0.2) is 4.99 Å². The molecule has 4 rings (SSSR count). The fourth-order valence-corrected chi connectivity index (χ4v) is 5.53. The van der Waals surface area contributed by atoms with Crippen molar-refractivity contribution in [2.75, 3.05) is 34.4 Å². The van der Waals surface area contributed by atoms with Crippen LogP contribution in [0.1, 0.15) is 19.3 Å². The lowest BCUT2D eigenvalue weighted by molar-refractivity contribution is -0.127.